The van der Waals surface area contributed by atoms with Crippen LogP contribution in [0.4, 0.5) is 5.69 Å². The van der Waals surface area contributed by atoms with E-state index in [1.54, 1.807) is 11.8 Å². The number of benzene rings is 1. The lowest BCUT2D eigenvalue weighted by Crippen LogP contribution is -2.38. The van der Waals surface area contributed by atoms with Gasteiger partial charge in [-0.05, 0) is 43.0 Å². The van der Waals surface area contributed by atoms with Crippen molar-refractivity contribution in [2.75, 3.05) is 5.32 Å². The summed E-state index contributed by atoms with van der Waals surface area (Å²) < 4.78 is 0. The molecule has 1 amide bonds. The van der Waals surface area contributed by atoms with Gasteiger partial charge in [-0.25, -0.2) is 0 Å². The number of nitrogens with zero attached hydrogens (tertiary/aromatic N) is 2. The highest BCUT2D eigenvalue weighted by Gasteiger charge is 2.42. The summed E-state index contributed by atoms with van der Waals surface area (Å²) >= 11 is 1.75. The lowest BCUT2D eigenvalue weighted by atomic mass is 9.90. The first kappa shape index (κ1) is 13.7. The van der Waals surface area contributed by atoms with E-state index >= 15 is 0 Å². The van der Waals surface area contributed by atoms with Crippen LogP contribution < -0.4 is 5.32 Å². The lowest BCUT2D eigenvalue weighted by molar-refractivity contribution is -0.116. The number of hydrogen-bond donors (Lipinski definition) is 1. The SMILES string of the molecule is C[C@H]1C(=O)Nc2ccc(C3=CSC4=N[C@H]5CCCC[C@@H]5N34)cc21. The molecule has 1 aromatic rings. The number of rotatable bonds is 1. The minimum absolute atomic E-state index is 0.0613. The molecule has 1 fully saturated rings. The number of amides is 1. The highest BCUT2D eigenvalue weighted by atomic mass is 32.2. The van der Waals surface area contributed by atoms with E-state index in [9.17, 15) is 4.79 Å². The summed E-state index contributed by atoms with van der Waals surface area (Å²) in [6, 6.07) is 7.37. The van der Waals surface area contributed by atoms with Crippen LogP contribution in [0.1, 0.15) is 49.7 Å². The van der Waals surface area contributed by atoms with Crippen molar-refractivity contribution < 1.29 is 4.79 Å². The molecule has 5 heteroatoms. The van der Waals surface area contributed by atoms with Gasteiger partial charge in [-0.15, -0.1) is 0 Å². The van der Waals surface area contributed by atoms with E-state index in [0.29, 0.717) is 12.1 Å². The molecular formula is C18H19N3OS. The Morgan fingerprint density at radius 2 is 2.17 bits per heavy atom. The summed E-state index contributed by atoms with van der Waals surface area (Å²) in [6.07, 6.45) is 5.06. The Balaban J connectivity index is 1.51. The third kappa shape index (κ3) is 1.92. The van der Waals surface area contributed by atoms with Gasteiger partial charge in [0.25, 0.3) is 0 Å². The maximum absolute atomic E-state index is 11.9. The predicted octanol–water partition coefficient (Wildman–Crippen LogP) is 3.77. The minimum Gasteiger partial charge on any atom is -0.325 e. The number of anilines is 1. The number of nitrogens with one attached hydrogen (secondary N) is 1. The largest absolute Gasteiger partial charge is 0.325 e. The van der Waals surface area contributed by atoms with Crippen LogP contribution in [0, 0.1) is 0 Å². The van der Waals surface area contributed by atoms with Crippen LogP contribution >= 0.6 is 11.8 Å². The van der Waals surface area contributed by atoms with Crippen LogP contribution in [0.5, 0.6) is 0 Å². The van der Waals surface area contributed by atoms with Crippen LogP contribution in [0.15, 0.2) is 28.6 Å². The second-order valence-electron chi connectivity index (χ2n) is 6.83. The third-order valence-corrected chi connectivity index (χ3v) is 6.36. The van der Waals surface area contributed by atoms with Gasteiger partial charge in [0.15, 0.2) is 5.17 Å². The molecule has 3 heterocycles. The van der Waals surface area contributed by atoms with Crippen LogP contribution in [0.25, 0.3) is 5.70 Å². The zero-order valence-electron chi connectivity index (χ0n) is 13.1. The molecular weight excluding hydrogens is 306 g/mol. The molecule has 4 aliphatic rings. The third-order valence-electron chi connectivity index (χ3n) is 5.51. The van der Waals surface area contributed by atoms with Gasteiger partial charge in [0.2, 0.25) is 5.91 Å². The van der Waals surface area contributed by atoms with Crippen LogP contribution in [-0.4, -0.2) is 28.1 Å². The van der Waals surface area contributed by atoms with Gasteiger partial charge in [-0.3, -0.25) is 9.79 Å². The van der Waals surface area contributed by atoms with Crippen molar-refractivity contribution in [3.05, 3.63) is 34.7 Å². The van der Waals surface area contributed by atoms with Gasteiger partial charge < -0.3 is 10.2 Å². The first-order chi connectivity index (χ1) is 11.2. The van der Waals surface area contributed by atoms with Crippen molar-refractivity contribution in [2.24, 2.45) is 4.99 Å². The van der Waals surface area contributed by atoms with Crippen molar-refractivity contribution in [3.63, 3.8) is 0 Å². The minimum atomic E-state index is -0.0613. The maximum atomic E-state index is 11.9. The van der Waals surface area contributed by atoms with Crippen LogP contribution in [0.2, 0.25) is 0 Å². The topological polar surface area (TPSA) is 44.7 Å². The Morgan fingerprint density at radius 1 is 1.30 bits per heavy atom. The molecule has 1 aromatic carbocycles. The van der Waals surface area contributed by atoms with Gasteiger partial charge in [0.05, 0.1) is 23.7 Å². The second-order valence-corrected chi connectivity index (χ2v) is 7.67. The van der Waals surface area contributed by atoms with E-state index in [1.807, 2.05) is 13.0 Å². The number of amidine groups is 1. The molecule has 0 unspecified atom stereocenters. The summed E-state index contributed by atoms with van der Waals surface area (Å²) in [4.78, 5) is 19.3. The number of aliphatic imine (C=N–C) groups is 1. The standard InChI is InChI=1S/C18H19N3OS/c1-10-12-8-11(6-7-13(12)19-17(10)22)16-9-23-18-20-14-4-2-3-5-15(14)21(16)18/h6-10,14-15H,2-5H2,1H3,(H,19,22)/t10-,14+,15+/m1/s1. The number of carbonyl (C=O) groups is 1. The summed E-state index contributed by atoms with van der Waals surface area (Å²) in [7, 11) is 0. The van der Waals surface area contributed by atoms with Crippen molar-refractivity contribution in [1.82, 2.24) is 4.90 Å². The van der Waals surface area contributed by atoms with Gasteiger partial charge >= 0.3 is 0 Å². The van der Waals surface area contributed by atoms with Gasteiger partial charge in [-0.2, -0.15) is 0 Å². The fourth-order valence-corrected chi connectivity index (χ4v) is 5.22. The highest BCUT2D eigenvalue weighted by Crippen LogP contribution is 2.45. The van der Waals surface area contributed by atoms with E-state index in [0.717, 1.165) is 11.3 Å². The van der Waals surface area contributed by atoms with Crippen molar-refractivity contribution >= 4 is 34.2 Å². The summed E-state index contributed by atoms with van der Waals surface area (Å²) in [5.74, 6) is 0.0384. The quantitative estimate of drug-likeness (QED) is 0.855. The molecule has 3 atom stereocenters. The molecule has 5 rings (SSSR count). The molecule has 0 spiro atoms. The average molecular weight is 325 g/mol. The maximum Gasteiger partial charge on any atom is 0.231 e. The molecule has 118 valence electrons. The van der Waals surface area contributed by atoms with Crippen molar-refractivity contribution in [3.8, 4) is 0 Å². The summed E-state index contributed by atoms with van der Waals surface area (Å²) in [6.45, 7) is 1.97. The second kappa shape index (κ2) is 4.87. The van der Waals surface area contributed by atoms with E-state index < -0.39 is 0 Å². The first-order valence-corrected chi connectivity index (χ1v) is 9.29. The van der Waals surface area contributed by atoms with E-state index in [2.05, 4.69) is 27.8 Å². The Hall–Kier alpha value is -1.75. The molecule has 4 nitrogen and oxygen atoms in total. The first-order valence-electron chi connectivity index (χ1n) is 8.41. The lowest BCUT2D eigenvalue weighted by Gasteiger charge is -2.32. The molecule has 0 aromatic heterocycles. The number of carbonyl (C=O) groups excluding carboxylic acids is 1. The smallest absolute Gasteiger partial charge is 0.231 e. The molecule has 23 heavy (non-hydrogen) atoms. The molecule has 0 bridgehead atoms. The molecule has 1 saturated carbocycles. The molecule has 1 aliphatic carbocycles. The fraction of sp³-hybridized carbons (Fsp3) is 0.444. The van der Waals surface area contributed by atoms with Crippen molar-refractivity contribution in [1.29, 1.82) is 0 Å². The summed E-state index contributed by atoms with van der Waals surface area (Å²) in [5, 5.41) is 6.34. The summed E-state index contributed by atoms with van der Waals surface area (Å²) in [5.41, 5.74) is 4.54. The van der Waals surface area contributed by atoms with E-state index in [-0.39, 0.29) is 11.8 Å². The van der Waals surface area contributed by atoms with Crippen LogP contribution in [-0.2, 0) is 4.79 Å². The number of thioether (sulfide) groups is 1. The van der Waals surface area contributed by atoms with Crippen molar-refractivity contribution in [2.45, 2.75) is 50.6 Å². The van der Waals surface area contributed by atoms with E-state index in [1.165, 1.54) is 42.1 Å². The monoisotopic (exact) mass is 325 g/mol. The molecule has 1 N–H and O–H groups in total. The highest BCUT2D eigenvalue weighted by molar-refractivity contribution is 8.16. The number of fused-ring (bicyclic) bond motifs is 4. The Morgan fingerprint density at radius 3 is 3.09 bits per heavy atom. The number of hydrogen-bond acceptors (Lipinski definition) is 4. The zero-order valence-corrected chi connectivity index (χ0v) is 13.9. The normalized spacial score (nSPS) is 31.3. The Kier molecular flexibility index (Phi) is 2.89. The van der Waals surface area contributed by atoms with Crippen LogP contribution in [0.3, 0.4) is 0 Å². The fourth-order valence-electron chi connectivity index (χ4n) is 4.21. The zero-order chi connectivity index (χ0) is 15.6. The van der Waals surface area contributed by atoms with Gasteiger partial charge in [0.1, 0.15) is 0 Å². The van der Waals surface area contributed by atoms with E-state index in [4.69, 9.17) is 4.99 Å². The predicted molar refractivity (Wildman–Crippen MR) is 94.4 cm³/mol. The van der Waals surface area contributed by atoms with Gasteiger partial charge in [-0.1, -0.05) is 30.7 Å². The molecule has 0 saturated heterocycles. The Labute approximate surface area is 140 Å². The Bertz CT molecular complexity index is 770. The molecule has 0 radical (unpaired) electrons. The molecule has 3 aliphatic heterocycles. The van der Waals surface area contributed by atoms with Gasteiger partial charge in [0, 0.05) is 11.1 Å². The average Bonchev–Trinajstić information content (AvgIpc) is 3.20.